The Bertz CT molecular complexity index is 842. The molecule has 3 nitrogen and oxygen atoms in total. The highest BCUT2D eigenvalue weighted by Gasteiger charge is 2.20. The summed E-state index contributed by atoms with van der Waals surface area (Å²) in [5.41, 5.74) is 4.17. The van der Waals surface area contributed by atoms with Crippen molar-refractivity contribution in [2.24, 2.45) is 7.05 Å². The van der Waals surface area contributed by atoms with E-state index in [4.69, 9.17) is 0 Å². The first-order chi connectivity index (χ1) is 11.1. The lowest BCUT2D eigenvalue weighted by molar-refractivity contribution is 0.0753. The number of carbonyl (C=O) groups excluding carboxylic acids is 1. The SMILES string of the molecule is C=CCN(Cc1ccc(C)cc1)C(=O)c1cc2sccc2n1C. The third kappa shape index (κ3) is 3.08. The number of fused-ring (bicyclic) bond motifs is 1. The van der Waals surface area contributed by atoms with Crippen molar-refractivity contribution in [1.29, 1.82) is 0 Å². The van der Waals surface area contributed by atoms with Crippen molar-refractivity contribution in [1.82, 2.24) is 9.47 Å². The Kier molecular flexibility index (Phi) is 4.35. The summed E-state index contributed by atoms with van der Waals surface area (Å²) < 4.78 is 3.11. The van der Waals surface area contributed by atoms with E-state index in [1.807, 2.05) is 28.0 Å². The molecule has 0 aliphatic carbocycles. The molecule has 2 aromatic heterocycles. The predicted molar refractivity (Wildman–Crippen MR) is 96.9 cm³/mol. The number of aryl methyl sites for hydroxylation is 2. The first kappa shape index (κ1) is 15.6. The Hall–Kier alpha value is -2.33. The van der Waals surface area contributed by atoms with Gasteiger partial charge in [-0.3, -0.25) is 4.79 Å². The van der Waals surface area contributed by atoms with E-state index < -0.39 is 0 Å². The van der Waals surface area contributed by atoms with Gasteiger partial charge < -0.3 is 9.47 Å². The molecule has 1 amide bonds. The molecule has 0 atom stereocenters. The van der Waals surface area contributed by atoms with Gasteiger partial charge in [-0.2, -0.15) is 0 Å². The molecule has 0 aliphatic heterocycles. The highest BCUT2D eigenvalue weighted by atomic mass is 32.1. The van der Waals surface area contributed by atoms with Crippen molar-refractivity contribution >= 4 is 27.5 Å². The second kappa shape index (κ2) is 6.42. The number of aromatic nitrogens is 1. The summed E-state index contributed by atoms with van der Waals surface area (Å²) in [6, 6.07) is 12.3. The molecule has 0 aliphatic rings. The van der Waals surface area contributed by atoms with Crippen LogP contribution in [0.2, 0.25) is 0 Å². The minimum absolute atomic E-state index is 0.0383. The van der Waals surface area contributed by atoms with Crippen molar-refractivity contribution in [3.05, 3.63) is 71.3 Å². The molecule has 118 valence electrons. The average Bonchev–Trinajstić information content (AvgIpc) is 3.12. The number of hydrogen-bond acceptors (Lipinski definition) is 2. The molecule has 0 N–H and O–H groups in total. The maximum absolute atomic E-state index is 13.0. The average molecular weight is 324 g/mol. The maximum atomic E-state index is 13.0. The monoisotopic (exact) mass is 324 g/mol. The van der Waals surface area contributed by atoms with Crippen molar-refractivity contribution in [2.45, 2.75) is 13.5 Å². The van der Waals surface area contributed by atoms with Crippen LogP contribution in [-0.4, -0.2) is 21.9 Å². The van der Waals surface area contributed by atoms with Gasteiger partial charge >= 0.3 is 0 Å². The normalized spacial score (nSPS) is 10.9. The van der Waals surface area contributed by atoms with Crippen LogP contribution in [0, 0.1) is 6.92 Å². The van der Waals surface area contributed by atoms with Gasteiger partial charge in [0.1, 0.15) is 5.69 Å². The van der Waals surface area contributed by atoms with Gasteiger partial charge in [0.05, 0.1) is 10.2 Å². The summed E-state index contributed by atoms with van der Waals surface area (Å²) in [4.78, 5) is 14.8. The molecule has 2 heterocycles. The van der Waals surface area contributed by atoms with Crippen LogP contribution < -0.4 is 0 Å². The van der Waals surface area contributed by atoms with Gasteiger partial charge in [0.25, 0.3) is 5.91 Å². The number of nitrogens with zero attached hydrogens (tertiary/aromatic N) is 2. The van der Waals surface area contributed by atoms with E-state index >= 15 is 0 Å². The Balaban J connectivity index is 1.88. The predicted octanol–water partition coefficient (Wildman–Crippen LogP) is 4.38. The zero-order valence-electron chi connectivity index (χ0n) is 13.5. The van der Waals surface area contributed by atoms with E-state index in [0.717, 1.165) is 21.5 Å². The van der Waals surface area contributed by atoms with Gasteiger partial charge in [0, 0.05) is 20.1 Å². The zero-order chi connectivity index (χ0) is 16.4. The van der Waals surface area contributed by atoms with Crippen LogP contribution in [0.5, 0.6) is 0 Å². The number of carbonyl (C=O) groups is 1. The van der Waals surface area contributed by atoms with Gasteiger partial charge in [-0.05, 0) is 30.0 Å². The molecule has 0 saturated carbocycles. The van der Waals surface area contributed by atoms with Gasteiger partial charge in [-0.25, -0.2) is 0 Å². The lowest BCUT2D eigenvalue weighted by Gasteiger charge is -2.21. The van der Waals surface area contributed by atoms with Crippen LogP contribution in [-0.2, 0) is 13.6 Å². The summed E-state index contributed by atoms with van der Waals surface area (Å²) in [5.74, 6) is 0.0383. The standard InChI is InChI=1S/C19H20N2OS/c1-4-10-21(13-15-7-5-14(2)6-8-15)19(22)17-12-18-16(20(17)3)9-11-23-18/h4-9,11-12H,1,10,13H2,2-3H3. The van der Waals surface area contributed by atoms with Crippen molar-refractivity contribution < 1.29 is 4.79 Å². The number of amides is 1. The molecule has 3 rings (SSSR count). The minimum Gasteiger partial charge on any atom is -0.339 e. The Labute approximate surface area is 140 Å². The lowest BCUT2D eigenvalue weighted by atomic mass is 10.1. The molecule has 0 saturated heterocycles. The summed E-state index contributed by atoms with van der Waals surface area (Å²) in [5, 5.41) is 2.05. The topological polar surface area (TPSA) is 25.2 Å². The molecular formula is C19H20N2OS. The molecule has 4 heteroatoms. The first-order valence-corrected chi connectivity index (χ1v) is 8.46. The largest absolute Gasteiger partial charge is 0.339 e. The van der Waals surface area contributed by atoms with E-state index in [-0.39, 0.29) is 5.91 Å². The zero-order valence-corrected chi connectivity index (χ0v) is 14.3. The first-order valence-electron chi connectivity index (χ1n) is 7.59. The smallest absolute Gasteiger partial charge is 0.271 e. The second-order valence-corrected chi connectivity index (χ2v) is 6.67. The van der Waals surface area contributed by atoms with Gasteiger partial charge in [-0.1, -0.05) is 35.9 Å². The van der Waals surface area contributed by atoms with E-state index in [2.05, 4.69) is 43.8 Å². The Morgan fingerprint density at radius 3 is 2.70 bits per heavy atom. The molecule has 3 aromatic rings. The second-order valence-electron chi connectivity index (χ2n) is 5.72. The van der Waals surface area contributed by atoms with E-state index in [9.17, 15) is 4.79 Å². The van der Waals surface area contributed by atoms with E-state index in [1.54, 1.807) is 17.4 Å². The van der Waals surface area contributed by atoms with Crippen LogP contribution in [0.3, 0.4) is 0 Å². The van der Waals surface area contributed by atoms with Crippen LogP contribution >= 0.6 is 11.3 Å². The highest BCUT2D eigenvalue weighted by molar-refractivity contribution is 7.17. The van der Waals surface area contributed by atoms with E-state index in [0.29, 0.717) is 13.1 Å². The van der Waals surface area contributed by atoms with Crippen molar-refractivity contribution in [2.75, 3.05) is 6.54 Å². The molecule has 1 aromatic carbocycles. The van der Waals surface area contributed by atoms with Crippen LogP contribution in [0.25, 0.3) is 10.2 Å². The molecule has 0 unspecified atom stereocenters. The highest BCUT2D eigenvalue weighted by Crippen LogP contribution is 2.25. The Morgan fingerprint density at radius 2 is 2.04 bits per heavy atom. The maximum Gasteiger partial charge on any atom is 0.271 e. The van der Waals surface area contributed by atoms with Crippen LogP contribution in [0.1, 0.15) is 21.6 Å². The minimum atomic E-state index is 0.0383. The van der Waals surface area contributed by atoms with Gasteiger partial charge in [0.2, 0.25) is 0 Å². The molecule has 0 bridgehead atoms. The van der Waals surface area contributed by atoms with Crippen LogP contribution in [0.4, 0.5) is 0 Å². The fraction of sp³-hybridized carbons (Fsp3) is 0.211. The molecule has 23 heavy (non-hydrogen) atoms. The number of hydrogen-bond donors (Lipinski definition) is 0. The molecular weight excluding hydrogens is 304 g/mol. The third-order valence-corrected chi connectivity index (χ3v) is 4.87. The molecule has 0 spiro atoms. The van der Waals surface area contributed by atoms with Crippen molar-refractivity contribution in [3.63, 3.8) is 0 Å². The number of benzene rings is 1. The Morgan fingerprint density at radius 1 is 1.30 bits per heavy atom. The van der Waals surface area contributed by atoms with Gasteiger partial charge in [-0.15, -0.1) is 17.9 Å². The van der Waals surface area contributed by atoms with Crippen molar-refractivity contribution in [3.8, 4) is 0 Å². The molecule has 0 fully saturated rings. The fourth-order valence-corrected chi connectivity index (χ4v) is 3.56. The van der Waals surface area contributed by atoms with Crippen LogP contribution in [0.15, 0.2) is 54.4 Å². The fourth-order valence-electron chi connectivity index (χ4n) is 2.71. The molecule has 0 radical (unpaired) electrons. The summed E-state index contributed by atoms with van der Waals surface area (Å²) in [6.45, 7) is 6.97. The lowest BCUT2D eigenvalue weighted by Crippen LogP contribution is -2.32. The summed E-state index contributed by atoms with van der Waals surface area (Å²) in [7, 11) is 1.94. The third-order valence-electron chi connectivity index (χ3n) is 4.01. The number of thiophene rings is 1. The summed E-state index contributed by atoms with van der Waals surface area (Å²) >= 11 is 1.66. The number of rotatable bonds is 5. The van der Waals surface area contributed by atoms with Gasteiger partial charge in [0.15, 0.2) is 0 Å². The quantitative estimate of drug-likeness (QED) is 0.640. The van der Waals surface area contributed by atoms with E-state index in [1.165, 1.54) is 5.56 Å². The summed E-state index contributed by atoms with van der Waals surface area (Å²) in [6.07, 6.45) is 1.78.